The average molecular weight is 285 g/mol. The zero-order chi connectivity index (χ0) is 15.0. The van der Waals surface area contributed by atoms with Gasteiger partial charge in [0.1, 0.15) is 0 Å². The van der Waals surface area contributed by atoms with Crippen molar-refractivity contribution >= 4 is 22.7 Å². The molecular weight excluding hydrogens is 266 g/mol. The predicted octanol–water partition coefficient (Wildman–Crippen LogP) is 1.52. The van der Waals surface area contributed by atoms with Crippen molar-refractivity contribution in [3.63, 3.8) is 0 Å². The van der Waals surface area contributed by atoms with Gasteiger partial charge in [0.15, 0.2) is 0 Å². The molecule has 0 radical (unpaired) electrons. The van der Waals surface area contributed by atoms with Gasteiger partial charge in [0.25, 0.3) is 5.91 Å². The number of primary amides is 1. The number of carbonyl (C=O) groups excluding carboxylic acids is 2. The fourth-order valence-corrected chi connectivity index (χ4v) is 2.96. The van der Waals surface area contributed by atoms with Gasteiger partial charge in [-0.25, -0.2) is 0 Å². The zero-order valence-corrected chi connectivity index (χ0v) is 12.1. The van der Waals surface area contributed by atoms with Gasteiger partial charge >= 0.3 is 0 Å². The third-order valence-corrected chi connectivity index (χ3v) is 4.32. The van der Waals surface area contributed by atoms with Crippen molar-refractivity contribution in [2.75, 3.05) is 13.1 Å². The molecule has 1 aliphatic rings. The molecule has 1 fully saturated rings. The summed E-state index contributed by atoms with van der Waals surface area (Å²) in [6, 6.07) is 7.77. The largest absolute Gasteiger partial charge is 0.369 e. The minimum atomic E-state index is -0.257. The summed E-state index contributed by atoms with van der Waals surface area (Å²) < 4.78 is 2.03. The van der Waals surface area contributed by atoms with Crippen LogP contribution < -0.4 is 5.73 Å². The molecule has 2 heterocycles. The number of likely N-dealkylation sites (tertiary alicyclic amines) is 1. The van der Waals surface area contributed by atoms with E-state index in [0.717, 1.165) is 10.9 Å². The first-order chi connectivity index (χ1) is 10.1. The molecule has 110 valence electrons. The van der Waals surface area contributed by atoms with Gasteiger partial charge in [-0.1, -0.05) is 0 Å². The van der Waals surface area contributed by atoms with Crippen molar-refractivity contribution in [3.05, 3.63) is 36.0 Å². The lowest BCUT2D eigenvalue weighted by Crippen LogP contribution is -2.41. The van der Waals surface area contributed by atoms with Gasteiger partial charge < -0.3 is 15.2 Å². The molecule has 5 heteroatoms. The number of hydrogen-bond acceptors (Lipinski definition) is 2. The number of hydrogen-bond donors (Lipinski definition) is 1. The van der Waals surface area contributed by atoms with E-state index in [-0.39, 0.29) is 17.7 Å². The Labute approximate surface area is 123 Å². The normalized spacial score (nSPS) is 16.3. The molecule has 0 aliphatic carbocycles. The van der Waals surface area contributed by atoms with Crippen LogP contribution in [0.2, 0.25) is 0 Å². The highest BCUT2D eigenvalue weighted by molar-refractivity contribution is 5.98. The number of aryl methyl sites for hydroxylation is 1. The van der Waals surface area contributed by atoms with Gasteiger partial charge in [-0.2, -0.15) is 0 Å². The maximum Gasteiger partial charge on any atom is 0.253 e. The van der Waals surface area contributed by atoms with E-state index in [1.54, 1.807) is 0 Å². The molecule has 2 N–H and O–H groups in total. The molecule has 1 aliphatic heterocycles. The number of piperidine rings is 1. The SMILES string of the molecule is Cn1ccc2cc(C(=O)N3CCC(C(N)=O)CC3)ccc21. The summed E-state index contributed by atoms with van der Waals surface area (Å²) in [5.74, 6) is -0.317. The van der Waals surface area contributed by atoms with E-state index >= 15 is 0 Å². The Bertz CT molecular complexity index is 697. The summed E-state index contributed by atoms with van der Waals surface area (Å²) in [4.78, 5) is 25.5. The molecule has 2 aromatic rings. The number of aromatic nitrogens is 1. The standard InChI is InChI=1S/C16H19N3O2/c1-18-7-4-12-10-13(2-3-14(12)18)16(21)19-8-5-11(6-9-19)15(17)20/h2-4,7,10-11H,5-6,8-9H2,1H3,(H2,17,20). The third-order valence-electron chi connectivity index (χ3n) is 4.32. The van der Waals surface area contributed by atoms with E-state index in [9.17, 15) is 9.59 Å². The first-order valence-corrected chi connectivity index (χ1v) is 7.20. The van der Waals surface area contributed by atoms with Gasteiger partial charge in [0.2, 0.25) is 5.91 Å². The molecule has 1 saturated heterocycles. The number of benzene rings is 1. The van der Waals surface area contributed by atoms with Crippen LogP contribution in [0.5, 0.6) is 0 Å². The zero-order valence-electron chi connectivity index (χ0n) is 12.1. The van der Waals surface area contributed by atoms with Crippen LogP contribution in [0.3, 0.4) is 0 Å². The van der Waals surface area contributed by atoms with Crippen LogP contribution >= 0.6 is 0 Å². The highest BCUT2D eigenvalue weighted by Gasteiger charge is 2.26. The van der Waals surface area contributed by atoms with E-state index in [0.29, 0.717) is 31.5 Å². The minimum absolute atomic E-state index is 0.0312. The van der Waals surface area contributed by atoms with Crippen molar-refractivity contribution in [2.45, 2.75) is 12.8 Å². The molecule has 0 saturated carbocycles. The lowest BCUT2D eigenvalue weighted by atomic mass is 9.96. The lowest BCUT2D eigenvalue weighted by Gasteiger charge is -2.30. The first kappa shape index (κ1) is 13.7. The van der Waals surface area contributed by atoms with Crippen LogP contribution in [0.1, 0.15) is 23.2 Å². The Balaban J connectivity index is 1.76. The number of nitrogens with two attached hydrogens (primary N) is 1. The average Bonchev–Trinajstić information content (AvgIpc) is 2.87. The van der Waals surface area contributed by atoms with Gasteiger partial charge in [0, 0.05) is 48.7 Å². The molecule has 0 atom stereocenters. The topological polar surface area (TPSA) is 68.3 Å². The van der Waals surface area contributed by atoms with Crippen molar-refractivity contribution in [1.29, 1.82) is 0 Å². The molecule has 1 aromatic heterocycles. The van der Waals surface area contributed by atoms with Gasteiger partial charge in [-0.3, -0.25) is 9.59 Å². The Morgan fingerprint density at radius 2 is 1.90 bits per heavy atom. The monoisotopic (exact) mass is 285 g/mol. The second kappa shape index (κ2) is 5.24. The summed E-state index contributed by atoms with van der Waals surface area (Å²) in [5, 5.41) is 1.07. The minimum Gasteiger partial charge on any atom is -0.369 e. The maximum atomic E-state index is 12.5. The quantitative estimate of drug-likeness (QED) is 0.909. The van der Waals surface area contributed by atoms with E-state index < -0.39 is 0 Å². The Kier molecular flexibility index (Phi) is 3.41. The molecule has 0 spiro atoms. The fraction of sp³-hybridized carbons (Fsp3) is 0.375. The number of nitrogens with zero attached hydrogens (tertiary/aromatic N) is 2. The van der Waals surface area contributed by atoms with Crippen LogP contribution in [-0.4, -0.2) is 34.4 Å². The van der Waals surface area contributed by atoms with E-state index in [1.165, 1.54) is 0 Å². The maximum absolute atomic E-state index is 12.5. The third kappa shape index (κ3) is 2.51. The van der Waals surface area contributed by atoms with E-state index in [2.05, 4.69) is 0 Å². The Hall–Kier alpha value is -2.30. The molecule has 3 rings (SSSR count). The van der Waals surface area contributed by atoms with E-state index in [4.69, 9.17) is 5.73 Å². The highest BCUT2D eigenvalue weighted by Crippen LogP contribution is 2.21. The number of rotatable bonds is 2. The number of carbonyl (C=O) groups is 2. The highest BCUT2D eigenvalue weighted by atomic mass is 16.2. The number of fused-ring (bicyclic) bond motifs is 1. The molecule has 0 unspecified atom stereocenters. The van der Waals surface area contributed by atoms with Crippen molar-refractivity contribution in [2.24, 2.45) is 18.7 Å². The molecule has 2 amide bonds. The summed E-state index contributed by atoms with van der Waals surface area (Å²) in [6.07, 6.45) is 3.31. The molecular formula is C16H19N3O2. The predicted molar refractivity (Wildman–Crippen MR) is 80.7 cm³/mol. The van der Waals surface area contributed by atoms with Crippen LogP contribution in [0.25, 0.3) is 10.9 Å². The molecule has 0 bridgehead atoms. The van der Waals surface area contributed by atoms with Crippen LogP contribution in [-0.2, 0) is 11.8 Å². The van der Waals surface area contributed by atoms with Crippen molar-refractivity contribution < 1.29 is 9.59 Å². The second-order valence-electron chi connectivity index (χ2n) is 5.67. The van der Waals surface area contributed by atoms with Crippen LogP contribution in [0, 0.1) is 5.92 Å². The summed E-state index contributed by atoms with van der Waals surface area (Å²) in [6.45, 7) is 1.19. The number of amides is 2. The lowest BCUT2D eigenvalue weighted by molar-refractivity contribution is -0.123. The van der Waals surface area contributed by atoms with Crippen molar-refractivity contribution in [3.8, 4) is 0 Å². The van der Waals surface area contributed by atoms with Crippen LogP contribution in [0.4, 0.5) is 0 Å². The molecule has 1 aromatic carbocycles. The van der Waals surface area contributed by atoms with E-state index in [1.807, 2.05) is 47.0 Å². The Morgan fingerprint density at radius 1 is 1.19 bits per heavy atom. The first-order valence-electron chi connectivity index (χ1n) is 7.20. The molecule has 21 heavy (non-hydrogen) atoms. The fourth-order valence-electron chi connectivity index (χ4n) is 2.96. The Morgan fingerprint density at radius 3 is 2.57 bits per heavy atom. The van der Waals surface area contributed by atoms with Crippen LogP contribution in [0.15, 0.2) is 30.5 Å². The van der Waals surface area contributed by atoms with Gasteiger partial charge in [-0.05, 0) is 37.1 Å². The second-order valence-corrected chi connectivity index (χ2v) is 5.67. The smallest absolute Gasteiger partial charge is 0.253 e. The molecule has 5 nitrogen and oxygen atoms in total. The summed E-state index contributed by atoms with van der Waals surface area (Å²) in [7, 11) is 1.98. The summed E-state index contributed by atoms with van der Waals surface area (Å²) in [5.41, 5.74) is 7.13. The van der Waals surface area contributed by atoms with Gasteiger partial charge in [0.05, 0.1) is 0 Å². The summed E-state index contributed by atoms with van der Waals surface area (Å²) >= 11 is 0. The van der Waals surface area contributed by atoms with Crippen molar-refractivity contribution in [1.82, 2.24) is 9.47 Å². The van der Waals surface area contributed by atoms with Gasteiger partial charge in [-0.15, -0.1) is 0 Å².